The molecule has 25 heavy (non-hydrogen) atoms. The first-order chi connectivity index (χ1) is 12.0. The molecule has 0 aliphatic carbocycles. The fraction of sp³-hybridized carbons (Fsp3) is 0.364. The molecule has 0 radical (unpaired) electrons. The summed E-state index contributed by atoms with van der Waals surface area (Å²) < 4.78 is 21.8. The molecule has 0 saturated carbocycles. The molecule has 3 aromatic rings. The Morgan fingerprint density at radius 1 is 1.08 bits per heavy atom. The van der Waals surface area contributed by atoms with E-state index >= 15 is 0 Å². The summed E-state index contributed by atoms with van der Waals surface area (Å²) >= 11 is 0. The molecule has 0 amide bonds. The maximum absolute atomic E-state index is 13.7. The lowest BCUT2D eigenvalue weighted by atomic mass is 10.1. The Morgan fingerprint density at radius 2 is 1.88 bits per heavy atom. The average molecular weight is 339 g/mol. The molecular formula is C22H26FNO. The number of rotatable bonds is 6. The molecule has 0 atom stereocenters. The van der Waals surface area contributed by atoms with E-state index in [1.165, 1.54) is 5.69 Å². The number of unbranched alkanes of at least 4 members (excludes halogenated alkanes) is 1. The first kappa shape index (κ1) is 17.5. The van der Waals surface area contributed by atoms with Crippen molar-refractivity contribution in [2.45, 2.75) is 46.5 Å². The van der Waals surface area contributed by atoms with Gasteiger partial charge in [-0.1, -0.05) is 27.2 Å². The number of aryl methyl sites for hydroxylation is 1. The van der Waals surface area contributed by atoms with E-state index in [0.29, 0.717) is 11.5 Å². The van der Waals surface area contributed by atoms with Crippen molar-refractivity contribution in [1.82, 2.24) is 4.57 Å². The van der Waals surface area contributed by atoms with Gasteiger partial charge >= 0.3 is 0 Å². The molecule has 0 fully saturated rings. The molecule has 1 heterocycles. The Bertz CT molecular complexity index is 879. The molecule has 3 rings (SSSR count). The van der Waals surface area contributed by atoms with Gasteiger partial charge in [-0.25, -0.2) is 4.39 Å². The minimum atomic E-state index is -0.169. The van der Waals surface area contributed by atoms with E-state index in [2.05, 4.69) is 43.5 Å². The van der Waals surface area contributed by atoms with Crippen molar-refractivity contribution < 1.29 is 9.13 Å². The second kappa shape index (κ2) is 7.30. The second-order valence-electron chi connectivity index (χ2n) is 6.92. The van der Waals surface area contributed by atoms with Gasteiger partial charge in [0.1, 0.15) is 11.6 Å². The van der Waals surface area contributed by atoms with Crippen LogP contribution in [0.4, 0.5) is 4.39 Å². The summed E-state index contributed by atoms with van der Waals surface area (Å²) in [7, 11) is 0. The predicted molar refractivity (Wildman–Crippen MR) is 102 cm³/mol. The Kier molecular flexibility index (Phi) is 5.12. The van der Waals surface area contributed by atoms with Crippen LogP contribution in [0.2, 0.25) is 0 Å². The van der Waals surface area contributed by atoms with Gasteiger partial charge in [0.15, 0.2) is 0 Å². The van der Waals surface area contributed by atoms with E-state index in [0.717, 1.165) is 41.8 Å². The van der Waals surface area contributed by atoms with Crippen molar-refractivity contribution in [2.75, 3.05) is 6.61 Å². The van der Waals surface area contributed by atoms with Crippen LogP contribution in [0.15, 0.2) is 42.5 Å². The number of halogens is 1. The average Bonchev–Trinajstić information content (AvgIpc) is 2.96. The van der Waals surface area contributed by atoms with Crippen LogP contribution in [0, 0.1) is 12.7 Å². The van der Waals surface area contributed by atoms with Crippen LogP contribution < -0.4 is 4.74 Å². The zero-order valence-electron chi connectivity index (χ0n) is 15.5. The molecule has 0 bridgehead atoms. The van der Waals surface area contributed by atoms with Gasteiger partial charge in [0.05, 0.1) is 12.1 Å². The monoisotopic (exact) mass is 339 g/mol. The highest BCUT2D eigenvalue weighted by atomic mass is 19.1. The largest absolute Gasteiger partial charge is 0.494 e. The van der Waals surface area contributed by atoms with Gasteiger partial charge in [0.2, 0.25) is 0 Å². The van der Waals surface area contributed by atoms with Gasteiger partial charge in [0, 0.05) is 16.8 Å². The maximum atomic E-state index is 13.7. The molecule has 0 unspecified atom stereocenters. The number of benzene rings is 2. The second-order valence-corrected chi connectivity index (χ2v) is 6.92. The molecule has 2 aromatic carbocycles. The Balaban J connectivity index is 2.09. The van der Waals surface area contributed by atoms with Crippen LogP contribution in [0.5, 0.6) is 5.75 Å². The number of ether oxygens (including phenoxy) is 1. The van der Waals surface area contributed by atoms with E-state index in [1.807, 2.05) is 18.2 Å². The molecule has 132 valence electrons. The number of aromatic nitrogens is 1. The molecule has 1 aromatic heterocycles. The SMILES string of the molecule is CCCCOc1ccc2c(c1)cc(C(C)C)n2-c1ccc(F)c(C)c1. The van der Waals surface area contributed by atoms with Crippen LogP contribution in [0.1, 0.15) is 50.8 Å². The highest BCUT2D eigenvalue weighted by molar-refractivity contribution is 5.85. The van der Waals surface area contributed by atoms with Crippen molar-refractivity contribution in [3.05, 3.63) is 59.5 Å². The summed E-state index contributed by atoms with van der Waals surface area (Å²) in [5.41, 5.74) is 4.00. The number of hydrogen-bond acceptors (Lipinski definition) is 1. The summed E-state index contributed by atoms with van der Waals surface area (Å²) in [4.78, 5) is 0. The summed E-state index contributed by atoms with van der Waals surface area (Å²) in [6.07, 6.45) is 2.19. The molecule has 0 saturated heterocycles. The van der Waals surface area contributed by atoms with E-state index in [1.54, 1.807) is 13.0 Å². The number of nitrogens with zero attached hydrogens (tertiary/aromatic N) is 1. The standard InChI is InChI=1S/C22H26FNO/c1-5-6-11-25-19-8-10-21-17(13-19)14-22(15(2)3)24(21)18-7-9-20(23)16(4)12-18/h7-10,12-15H,5-6,11H2,1-4H3. The van der Waals surface area contributed by atoms with E-state index in [-0.39, 0.29) is 5.82 Å². The number of fused-ring (bicyclic) bond motifs is 1. The zero-order valence-corrected chi connectivity index (χ0v) is 15.5. The normalized spacial score (nSPS) is 11.4. The highest BCUT2D eigenvalue weighted by Crippen LogP contribution is 2.32. The zero-order chi connectivity index (χ0) is 18.0. The third kappa shape index (κ3) is 3.55. The summed E-state index contributed by atoms with van der Waals surface area (Å²) in [5, 5.41) is 1.15. The maximum Gasteiger partial charge on any atom is 0.126 e. The predicted octanol–water partition coefficient (Wildman–Crippen LogP) is 6.38. The van der Waals surface area contributed by atoms with Crippen LogP contribution in [0.25, 0.3) is 16.6 Å². The Labute approximate surface area is 149 Å². The van der Waals surface area contributed by atoms with Crippen molar-refractivity contribution in [1.29, 1.82) is 0 Å². The van der Waals surface area contributed by atoms with Gasteiger partial charge in [0.25, 0.3) is 0 Å². The summed E-state index contributed by atoms with van der Waals surface area (Å²) in [5.74, 6) is 1.10. The van der Waals surface area contributed by atoms with Gasteiger partial charge in [-0.05, 0) is 67.3 Å². The third-order valence-corrected chi connectivity index (χ3v) is 4.56. The molecule has 0 aliphatic rings. The minimum Gasteiger partial charge on any atom is -0.494 e. The Hall–Kier alpha value is -2.29. The molecule has 0 N–H and O–H groups in total. The molecule has 0 aliphatic heterocycles. The van der Waals surface area contributed by atoms with Crippen molar-refractivity contribution in [3.63, 3.8) is 0 Å². The lowest BCUT2D eigenvalue weighted by molar-refractivity contribution is 0.310. The van der Waals surface area contributed by atoms with E-state index < -0.39 is 0 Å². The smallest absolute Gasteiger partial charge is 0.126 e. The fourth-order valence-electron chi connectivity index (χ4n) is 3.12. The summed E-state index contributed by atoms with van der Waals surface area (Å²) in [6.45, 7) is 9.07. The third-order valence-electron chi connectivity index (χ3n) is 4.56. The van der Waals surface area contributed by atoms with Crippen LogP contribution in [-0.2, 0) is 0 Å². The quantitative estimate of drug-likeness (QED) is 0.475. The topological polar surface area (TPSA) is 14.2 Å². The van der Waals surface area contributed by atoms with Gasteiger partial charge in [-0.15, -0.1) is 0 Å². The molecule has 2 nitrogen and oxygen atoms in total. The molecule has 3 heteroatoms. The van der Waals surface area contributed by atoms with Crippen molar-refractivity contribution >= 4 is 10.9 Å². The summed E-state index contributed by atoms with van der Waals surface area (Å²) in [6, 6.07) is 13.7. The number of hydrogen-bond donors (Lipinski definition) is 0. The Morgan fingerprint density at radius 3 is 2.56 bits per heavy atom. The first-order valence-corrected chi connectivity index (χ1v) is 9.06. The van der Waals surface area contributed by atoms with Crippen LogP contribution in [-0.4, -0.2) is 11.2 Å². The van der Waals surface area contributed by atoms with E-state index in [4.69, 9.17) is 4.74 Å². The van der Waals surface area contributed by atoms with Gasteiger partial charge in [-0.2, -0.15) is 0 Å². The van der Waals surface area contributed by atoms with Crippen LogP contribution in [0.3, 0.4) is 0 Å². The lowest BCUT2D eigenvalue weighted by Crippen LogP contribution is -2.02. The molecular weight excluding hydrogens is 313 g/mol. The van der Waals surface area contributed by atoms with Crippen molar-refractivity contribution in [3.8, 4) is 11.4 Å². The van der Waals surface area contributed by atoms with Crippen LogP contribution >= 0.6 is 0 Å². The fourth-order valence-corrected chi connectivity index (χ4v) is 3.12. The first-order valence-electron chi connectivity index (χ1n) is 9.06. The molecule has 0 spiro atoms. The van der Waals surface area contributed by atoms with E-state index in [9.17, 15) is 4.39 Å². The minimum absolute atomic E-state index is 0.169. The van der Waals surface area contributed by atoms with Gasteiger partial charge in [-0.3, -0.25) is 0 Å². The lowest BCUT2D eigenvalue weighted by Gasteiger charge is -2.14. The van der Waals surface area contributed by atoms with Gasteiger partial charge < -0.3 is 9.30 Å². The highest BCUT2D eigenvalue weighted by Gasteiger charge is 2.15. The van der Waals surface area contributed by atoms with Crippen molar-refractivity contribution in [2.24, 2.45) is 0 Å².